The van der Waals surface area contributed by atoms with Crippen LogP contribution in [-0.4, -0.2) is 55.0 Å². The summed E-state index contributed by atoms with van der Waals surface area (Å²) in [7, 11) is 0. The van der Waals surface area contributed by atoms with E-state index in [2.05, 4.69) is 40.1 Å². The molecule has 0 spiro atoms. The molecule has 140 valence electrons. The van der Waals surface area contributed by atoms with Crippen molar-refractivity contribution in [2.24, 2.45) is 16.6 Å². The summed E-state index contributed by atoms with van der Waals surface area (Å²) >= 11 is 0. The molecule has 2 saturated heterocycles. The van der Waals surface area contributed by atoms with Crippen molar-refractivity contribution in [2.45, 2.75) is 38.5 Å². The van der Waals surface area contributed by atoms with Crippen LogP contribution in [0.2, 0.25) is 0 Å². The maximum absolute atomic E-state index is 6.23. The summed E-state index contributed by atoms with van der Waals surface area (Å²) in [6.45, 7) is 6.60. The molecule has 2 aliphatic heterocycles. The molecule has 1 atom stereocenters. The molecule has 0 radical (unpaired) electrons. The molecule has 0 bridgehead atoms. The van der Waals surface area contributed by atoms with Crippen molar-refractivity contribution in [1.29, 1.82) is 0 Å². The molecule has 25 heavy (non-hydrogen) atoms. The molecule has 0 saturated carbocycles. The number of nitrogens with two attached hydrogens (primary N) is 1. The molecule has 5 heteroatoms. The lowest BCUT2D eigenvalue weighted by molar-refractivity contribution is 0.329. The van der Waals surface area contributed by atoms with E-state index in [0.29, 0.717) is 5.92 Å². The smallest absolute Gasteiger partial charge is 0.191 e. The third-order valence-electron chi connectivity index (χ3n) is 5.37. The maximum atomic E-state index is 6.23. The number of likely N-dealkylation sites (tertiary alicyclic amines) is 2. The average molecular weight is 456 g/mol. The van der Waals surface area contributed by atoms with Crippen molar-refractivity contribution in [3.8, 4) is 0 Å². The van der Waals surface area contributed by atoms with E-state index in [1.165, 1.54) is 50.8 Å². The normalized spacial score (nSPS) is 22.5. The molecule has 0 amide bonds. The summed E-state index contributed by atoms with van der Waals surface area (Å²) in [5.41, 5.74) is 7.66. The van der Waals surface area contributed by atoms with Crippen LogP contribution in [0.3, 0.4) is 0 Å². The Morgan fingerprint density at radius 1 is 1.04 bits per heavy atom. The van der Waals surface area contributed by atoms with Gasteiger partial charge in [-0.25, -0.2) is 0 Å². The molecule has 2 fully saturated rings. The van der Waals surface area contributed by atoms with Gasteiger partial charge >= 0.3 is 0 Å². The lowest BCUT2D eigenvalue weighted by Crippen LogP contribution is -2.38. The molecule has 1 aromatic carbocycles. The van der Waals surface area contributed by atoms with Gasteiger partial charge in [0.1, 0.15) is 0 Å². The number of halogens is 1. The first-order valence-corrected chi connectivity index (χ1v) is 9.62. The van der Waals surface area contributed by atoms with Crippen molar-refractivity contribution >= 4 is 29.9 Å². The van der Waals surface area contributed by atoms with Gasteiger partial charge < -0.3 is 15.5 Å². The van der Waals surface area contributed by atoms with Gasteiger partial charge in [0.2, 0.25) is 0 Å². The number of nitrogens with zero attached hydrogens (tertiary/aromatic N) is 3. The van der Waals surface area contributed by atoms with Crippen molar-refractivity contribution in [3.05, 3.63) is 35.9 Å². The molecule has 3 rings (SSSR count). The zero-order valence-corrected chi connectivity index (χ0v) is 17.6. The Kier molecular flexibility index (Phi) is 9.03. The Morgan fingerprint density at radius 2 is 1.76 bits per heavy atom. The molecule has 2 N–H and O–H groups in total. The molecule has 0 aromatic heterocycles. The van der Waals surface area contributed by atoms with Gasteiger partial charge in [-0.3, -0.25) is 4.99 Å². The van der Waals surface area contributed by atoms with Crippen LogP contribution in [0.25, 0.3) is 0 Å². The lowest BCUT2D eigenvalue weighted by atomic mass is 10.1. The quantitative estimate of drug-likeness (QED) is 0.420. The fraction of sp³-hybridized carbons (Fsp3) is 0.650. The number of guanidine groups is 1. The third-order valence-corrected chi connectivity index (χ3v) is 5.37. The molecule has 0 aliphatic carbocycles. The first-order chi connectivity index (χ1) is 11.8. The number of benzene rings is 1. The Morgan fingerprint density at radius 3 is 2.48 bits per heavy atom. The predicted molar refractivity (Wildman–Crippen MR) is 117 cm³/mol. The number of aliphatic imine (C=N–C) groups is 1. The number of hydrogen-bond acceptors (Lipinski definition) is 2. The summed E-state index contributed by atoms with van der Waals surface area (Å²) in [6.07, 6.45) is 7.59. The zero-order chi connectivity index (χ0) is 16.6. The maximum Gasteiger partial charge on any atom is 0.191 e. The van der Waals surface area contributed by atoms with Crippen LogP contribution in [-0.2, 0) is 6.42 Å². The van der Waals surface area contributed by atoms with Gasteiger partial charge in [0, 0.05) is 32.7 Å². The van der Waals surface area contributed by atoms with Gasteiger partial charge in [-0.05, 0) is 43.7 Å². The monoisotopic (exact) mass is 456 g/mol. The molecular formula is C20H33IN4. The SMILES string of the molecule is I.NC(=NCC1CCN(CCc2ccccc2)C1)N1CCCCCC1. The first kappa shape index (κ1) is 20.5. The highest BCUT2D eigenvalue weighted by atomic mass is 127. The van der Waals surface area contributed by atoms with E-state index in [1.54, 1.807) is 0 Å². The minimum atomic E-state index is 0. The van der Waals surface area contributed by atoms with Gasteiger partial charge in [-0.15, -0.1) is 24.0 Å². The van der Waals surface area contributed by atoms with E-state index in [4.69, 9.17) is 10.7 Å². The summed E-state index contributed by atoms with van der Waals surface area (Å²) in [4.78, 5) is 9.58. The molecule has 2 heterocycles. The van der Waals surface area contributed by atoms with Crippen molar-refractivity contribution in [2.75, 3.05) is 39.3 Å². The topological polar surface area (TPSA) is 44.9 Å². The predicted octanol–water partition coefficient (Wildman–Crippen LogP) is 3.36. The van der Waals surface area contributed by atoms with Crippen LogP contribution in [0.4, 0.5) is 0 Å². The van der Waals surface area contributed by atoms with Crippen molar-refractivity contribution in [1.82, 2.24) is 9.80 Å². The summed E-state index contributed by atoms with van der Waals surface area (Å²) in [5.74, 6) is 1.45. The van der Waals surface area contributed by atoms with Crippen LogP contribution in [0.5, 0.6) is 0 Å². The second-order valence-electron chi connectivity index (χ2n) is 7.29. The molecule has 1 unspecified atom stereocenters. The Bertz CT molecular complexity index is 512. The van der Waals surface area contributed by atoms with Gasteiger partial charge in [0.15, 0.2) is 5.96 Å². The standard InChI is InChI=1S/C20H32N4.HI/c21-20(24-12-6-1-2-7-13-24)22-16-19-11-15-23(17-19)14-10-18-8-4-3-5-9-18;/h3-5,8-9,19H,1-2,6-7,10-17H2,(H2,21,22);1H. The highest BCUT2D eigenvalue weighted by Crippen LogP contribution is 2.17. The van der Waals surface area contributed by atoms with Crippen LogP contribution in [0.1, 0.15) is 37.7 Å². The van der Waals surface area contributed by atoms with E-state index in [-0.39, 0.29) is 24.0 Å². The largest absolute Gasteiger partial charge is 0.370 e. The van der Waals surface area contributed by atoms with Gasteiger partial charge in [-0.2, -0.15) is 0 Å². The fourth-order valence-corrected chi connectivity index (χ4v) is 3.82. The van der Waals surface area contributed by atoms with Crippen LogP contribution in [0.15, 0.2) is 35.3 Å². The Hall–Kier alpha value is -0.820. The third kappa shape index (κ3) is 6.77. The molecule has 4 nitrogen and oxygen atoms in total. The van der Waals surface area contributed by atoms with Gasteiger partial charge in [-0.1, -0.05) is 43.2 Å². The van der Waals surface area contributed by atoms with E-state index >= 15 is 0 Å². The second-order valence-corrected chi connectivity index (χ2v) is 7.29. The highest BCUT2D eigenvalue weighted by Gasteiger charge is 2.22. The van der Waals surface area contributed by atoms with E-state index in [0.717, 1.165) is 38.6 Å². The number of rotatable bonds is 5. The summed E-state index contributed by atoms with van der Waals surface area (Å²) in [5, 5.41) is 0. The van der Waals surface area contributed by atoms with Crippen LogP contribution < -0.4 is 5.73 Å². The minimum absolute atomic E-state index is 0. The van der Waals surface area contributed by atoms with Crippen LogP contribution in [0, 0.1) is 5.92 Å². The van der Waals surface area contributed by atoms with Gasteiger partial charge in [0.25, 0.3) is 0 Å². The first-order valence-electron chi connectivity index (χ1n) is 9.62. The minimum Gasteiger partial charge on any atom is -0.370 e. The zero-order valence-electron chi connectivity index (χ0n) is 15.3. The van der Waals surface area contributed by atoms with Gasteiger partial charge in [0.05, 0.1) is 0 Å². The number of hydrogen-bond donors (Lipinski definition) is 1. The van der Waals surface area contributed by atoms with E-state index in [9.17, 15) is 0 Å². The summed E-state index contributed by atoms with van der Waals surface area (Å²) < 4.78 is 0. The highest BCUT2D eigenvalue weighted by molar-refractivity contribution is 14.0. The second kappa shape index (κ2) is 11.0. The average Bonchev–Trinajstić information content (AvgIpc) is 2.89. The van der Waals surface area contributed by atoms with E-state index in [1.807, 2.05) is 0 Å². The molecule has 1 aromatic rings. The Balaban J connectivity index is 0.00000225. The Labute approximate surface area is 169 Å². The van der Waals surface area contributed by atoms with E-state index < -0.39 is 0 Å². The fourth-order valence-electron chi connectivity index (χ4n) is 3.82. The van der Waals surface area contributed by atoms with Crippen molar-refractivity contribution < 1.29 is 0 Å². The lowest BCUT2D eigenvalue weighted by Gasteiger charge is -2.21. The van der Waals surface area contributed by atoms with Crippen LogP contribution >= 0.6 is 24.0 Å². The summed E-state index contributed by atoms with van der Waals surface area (Å²) in [6, 6.07) is 10.8. The molecular weight excluding hydrogens is 423 g/mol. The van der Waals surface area contributed by atoms with Crippen molar-refractivity contribution in [3.63, 3.8) is 0 Å². The molecule has 2 aliphatic rings.